The highest BCUT2D eigenvalue weighted by Crippen LogP contribution is 2.12. The van der Waals surface area contributed by atoms with Crippen molar-refractivity contribution in [3.63, 3.8) is 0 Å². The molecule has 24 heavy (non-hydrogen) atoms. The highest BCUT2D eigenvalue weighted by molar-refractivity contribution is 5.89. The van der Waals surface area contributed by atoms with Crippen molar-refractivity contribution in [2.45, 2.75) is 26.8 Å². The Bertz CT molecular complexity index is 650. The number of urea groups is 1. The second kappa shape index (κ2) is 8.76. The molecule has 6 nitrogen and oxygen atoms in total. The largest absolute Gasteiger partial charge is 0.467 e. The predicted molar refractivity (Wildman–Crippen MR) is 90.6 cm³/mol. The number of esters is 1. The molecule has 2 amide bonds. The monoisotopic (exact) mass is 330 g/mol. The van der Waals surface area contributed by atoms with E-state index in [1.165, 1.54) is 4.90 Å². The topological polar surface area (TPSA) is 71.8 Å². The number of carbonyl (C=O) groups is 2. The quantitative estimate of drug-likeness (QED) is 0.788. The fraction of sp³-hybridized carbons (Fsp3) is 0.333. The van der Waals surface area contributed by atoms with Crippen molar-refractivity contribution in [1.82, 2.24) is 4.90 Å². The van der Waals surface area contributed by atoms with Crippen LogP contribution in [-0.2, 0) is 16.1 Å². The lowest BCUT2D eigenvalue weighted by Gasteiger charge is -2.22. The third-order valence-corrected chi connectivity index (χ3v) is 3.41. The van der Waals surface area contributed by atoms with Gasteiger partial charge in [0.2, 0.25) is 0 Å². The van der Waals surface area contributed by atoms with Crippen LogP contribution >= 0.6 is 0 Å². The number of nitrogens with zero attached hydrogens (tertiary/aromatic N) is 1. The van der Waals surface area contributed by atoms with Gasteiger partial charge in [0, 0.05) is 12.2 Å². The zero-order chi connectivity index (χ0) is 17.4. The lowest BCUT2D eigenvalue weighted by atomic mass is 10.2. The van der Waals surface area contributed by atoms with E-state index in [4.69, 9.17) is 9.15 Å². The van der Waals surface area contributed by atoms with Crippen molar-refractivity contribution in [2.24, 2.45) is 0 Å². The van der Waals surface area contributed by atoms with Gasteiger partial charge < -0.3 is 19.4 Å². The molecule has 0 saturated carbocycles. The normalized spacial score (nSPS) is 10.2. The first kappa shape index (κ1) is 17.6. The highest BCUT2D eigenvalue weighted by Gasteiger charge is 2.17. The standard InChI is InChI=1S/C18H22N2O4/c1-3-23-17(21)10-11-20(13-16-5-4-12-24-16)18(22)19-15-8-6-14(2)7-9-15/h4-9,12H,3,10-11,13H2,1-2H3,(H,19,22). The van der Waals surface area contributed by atoms with E-state index in [0.29, 0.717) is 18.1 Å². The maximum atomic E-state index is 12.5. The van der Waals surface area contributed by atoms with Crippen molar-refractivity contribution in [3.8, 4) is 0 Å². The number of furan rings is 1. The fourth-order valence-corrected chi connectivity index (χ4v) is 2.14. The maximum Gasteiger partial charge on any atom is 0.322 e. The van der Waals surface area contributed by atoms with Gasteiger partial charge in [-0.25, -0.2) is 4.79 Å². The van der Waals surface area contributed by atoms with Gasteiger partial charge in [-0.3, -0.25) is 4.79 Å². The number of hydrogen-bond donors (Lipinski definition) is 1. The van der Waals surface area contributed by atoms with Crippen LogP contribution in [0.4, 0.5) is 10.5 Å². The molecular weight excluding hydrogens is 308 g/mol. The number of nitrogens with one attached hydrogen (secondary N) is 1. The molecule has 1 heterocycles. The summed E-state index contributed by atoms with van der Waals surface area (Å²) in [5, 5.41) is 2.83. The molecule has 0 unspecified atom stereocenters. The Labute approximate surface area is 141 Å². The number of amides is 2. The summed E-state index contributed by atoms with van der Waals surface area (Å²) < 4.78 is 10.2. The minimum atomic E-state index is -0.329. The van der Waals surface area contributed by atoms with Crippen LogP contribution in [0.15, 0.2) is 47.1 Å². The van der Waals surface area contributed by atoms with Crippen molar-refractivity contribution in [3.05, 3.63) is 54.0 Å². The second-order valence-corrected chi connectivity index (χ2v) is 5.35. The van der Waals surface area contributed by atoms with E-state index >= 15 is 0 Å². The number of anilines is 1. The smallest absolute Gasteiger partial charge is 0.322 e. The van der Waals surface area contributed by atoms with Crippen LogP contribution in [0.2, 0.25) is 0 Å². The fourth-order valence-electron chi connectivity index (χ4n) is 2.14. The molecule has 0 aliphatic rings. The Morgan fingerprint density at radius 2 is 1.96 bits per heavy atom. The summed E-state index contributed by atoms with van der Waals surface area (Å²) >= 11 is 0. The van der Waals surface area contributed by atoms with Crippen molar-refractivity contribution in [2.75, 3.05) is 18.5 Å². The number of hydrogen-bond acceptors (Lipinski definition) is 4. The molecule has 0 spiro atoms. The summed E-state index contributed by atoms with van der Waals surface area (Å²) in [5.74, 6) is 0.322. The first-order valence-electron chi connectivity index (χ1n) is 7.89. The number of carbonyl (C=O) groups excluding carboxylic acids is 2. The summed E-state index contributed by atoms with van der Waals surface area (Å²) in [5.41, 5.74) is 1.81. The van der Waals surface area contributed by atoms with Gasteiger partial charge in [0.05, 0.1) is 25.8 Å². The number of benzene rings is 1. The molecule has 128 valence electrons. The third kappa shape index (κ3) is 5.46. The maximum absolute atomic E-state index is 12.5. The van der Waals surface area contributed by atoms with Crippen molar-refractivity contribution >= 4 is 17.7 Å². The second-order valence-electron chi connectivity index (χ2n) is 5.35. The van der Waals surface area contributed by atoms with Crippen molar-refractivity contribution < 1.29 is 18.7 Å². The molecule has 1 N–H and O–H groups in total. The Balaban J connectivity index is 2.01. The summed E-state index contributed by atoms with van der Waals surface area (Å²) in [7, 11) is 0. The molecule has 0 bridgehead atoms. The summed E-state index contributed by atoms with van der Waals surface area (Å²) in [6.45, 7) is 4.59. The lowest BCUT2D eigenvalue weighted by molar-refractivity contribution is -0.143. The van der Waals surface area contributed by atoms with Crippen LogP contribution in [0, 0.1) is 6.92 Å². The molecule has 2 rings (SSSR count). The van der Waals surface area contributed by atoms with Gasteiger partial charge >= 0.3 is 12.0 Å². The Hall–Kier alpha value is -2.76. The van der Waals surface area contributed by atoms with Gasteiger partial charge in [0.1, 0.15) is 5.76 Å². The molecule has 0 aliphatic carbocycles. The zero-order valence-corrected chi connectivity index (χ0v) is 14.0. The van der Waals surface area contributed by atoms with Gasteiger partial charge in [-0.05, 0) is 38.1 Å². The van der Waals surface area contributed by atoms with E-state index in [-0.39, 0.29) is 31.5 Å². The van der Waals surface area contributed by atoms with Crippen LogP contribution in [0.3, 0.4) is 0 Å². The average Bonchev–Trinajstić information content (AvgIpc) is 3.07. The first-order valence-corrected chi connectivity index (χ1v) is 7.89. The van der Waals surface area contributed by atoms with Gasteiger partial charge in [0.15, 0.2) is 0 Å². The van der Waals surface area contributed by atoms with Crippen LogP contribution in [0.5, 0.6) is 0 Å². The zero-order valence-electron chi connectivity index (χ0n) is 14.0. The Morgan fingerprint density at radius 1 is 1.21 bits per heavy atom. The van der Waals surface area contributed by atoms with Crippen LogP contribution in [0.1, 0.15) is 24.7 Å². The van der Waals surface area contributed by atoms with E-state index in [1.807, 2.05) is 31.2 Å². The van der Waals surface area contributed by atoms with E-state index in [9.17, 15) is 9.59 Å². The van der Waals surface area contributed by atoms with Gasteiger partial charge in [-0.2, -0.15) is 0 Å². The van der Waals surface area contributed by atoms with Gasteiger partial charge in [-0.1, -0.05) is 17.7 Å². The van der Waals surface area contributed by atoms with Gasteiger partial charge in [-0.15, -0.1) is 0 Å². The average molecular weight is 330 g/mol. The molecule has 1 aromatic heterocycles. The van der Waals surface area contributed by atoms with Crippen LogP contribution in [0.25, 0.3) is 0 Å². The Kier molecular flexibility index (Phi) is 6.42. The van der Waals surface area contributed by atoms with Crippen LogP contribution < -0.4 is 5.32 Å². The Morgan fingerprint density at radius 3 is 2.58 bits per heavy atom. The molecule has 6 heteroatoms. The van der Waals surface area contributed by atoms with Crippen LogP contribution in [-0.4, -0.2) is 30.1 Å². The van der Waals surface area contributed by atoms with E-state index < -0.39 is 0 Å². The molecule has 0 aliphatic heterocycles. The lowest BCUT2D eigenvalue weighted by Crippen LogP contribution is -2.36. The number of aryl methyl sites for hydroxylation is 1. The molecule has 2 aromatic rings. The minimum absolute atomic E-state index is 0.135. The minimum Gasteiger partial charge on any atom is -0.467 e. The predicted octanol–water partition coefficient (Wildman–Crippen LogP) is 3.58. The number of ether oxygens (including phenoxy) is 1. The third-order valence-electron chi connectivity index (χ3n) is 3.41. The summed E-state index contributed by atoms with van der Waals surface area (Å²) in [6.07, 6.45) is 1.69. The first-order chi connectivity index (χ1) is 11.6. The molecule has 0 saturated heterocycles. The molecular formula is C18H22N2O4. The molecule has 1 aromatic carbocycles. The van der Waals surface area contributed by atoms with E-state index in [0.717, 1.165) is 5.56 Å². The van der Waals surface area contributed by atoms with Crippen molar-refractivity contribution in [1.29, 1.82) is 0 Å². The number of rotatable bonds is 7. The molecule has 0 atom stereocenters. The summed E-state index contributed by atoms with van der Waals surface area (Å²) in [4.78, 5) is 25.6. The highest BCUT2D eigenvalue weighted by atomic mass is 16.5. The summed E-state index contributed by atoms with van der Waals surface area (Å²) in [6, 6.07) is 10.8. The van der Waals surface area contributed by atoms with Gasteiger partial charge in [0.25, 0.3) is 0 Å². The van der Waals surface area contributed by atoms with E-state index in [2.05, 4.69) is 5.32 Å². The SMILES string of the molecule is CCOC(=O)CCN(Cc1ccco1)C(=O)Nc1ccc(C)cc1. The molecule has 0 radical (unpaired) electrons. The van der Waals surface area contributed by atoms with E-state index in [1.54, 1.807) is 25.3 Å². The molecule has 0 fully saturated rings.